The number of hydrogen-bond donors (Lipinski definition) is 1. The van der Waals surface area contributed by atoms with Crippen LogP contribution in [-0.4, -0.2) is 31.8 Å². The molecule has 0 fully saturated rings. The molecular formula is C24H23FN2O4S. The van der Waals surface area contributed by atoms with Crippen LogP contribution in [0.1, 0.15) is 28.4 Å². The second-order valence-corrected chi connectivity index (χ2v) is 9.36. The first-order valence-electron chi connectivity index (χ1n) is 10.3. The van der Waals surface area contributed by atoms with Crippen LogP contribution in [0.25, 0.3) is 0 Å². The van der Waals surface area contributed by atoms with E-state index in [1.54, 1.807) is 6.92 Å². The van der Waals surface area contributed by atoms with E-state index in [0.29, 0.717) is 26.1 Å². The molecule has 8 heteroatoms. The summed E-state index contributed by atoms with van der Waals surface area (Å²) in [5.41, 5.74) is 2.54. The van der Waals surface area contributed by atoms with Gasteiger partial charge in [0, 0.05) is 30.4 Å². The number of hydrogen-bond acceptors (Lipinski definition) is 4. The topological polar surface area (TPSA) is 75.7 Å². The molecule has 3 aromatic rings. The summed E-state index contributed by atoms with van der Waals surface area (Å²) in [4.78, 5) is 12.7. The average Bonchev–Trinajstić information content (AvgIpc) is 2.80. The molecule has 0 aliphatic carbocycles. The number of sulfonamides is 1. The molecule has 0 atom stereocenters. The summed E-state index contributed by atoms with van der Waals surface area (Å²) in [6.45, 7) is 2.74. The minimum absolute atomic E-state index is 0.0439. The van der Waals surface area contributed by atoms with Crippen molar-refractivity contribution >= 4 is 21.6 Å². The van der Waals surface area contributed by atoms with E-state index in [4.69, 9.17) is 4.74 Å². The summed E-state index contributed by atoms with van der Waals surface area (Å²) < 4.78 is 47.0. The predicted octanol–water partition coefficient (Wildman–Crippen LogP) is 4.22. The predicted molar refractivity (Wildman–Crippen MR) is 120 cm³/mol. The lowest BCUT2D eigenvalue weighted by Crippen LogP contribution is -2.36. The average molecular weight is 455 g/mol. The molecule has 166 valence electrons. The summed E-state index contributed by atoms with van der Waals surface area (Å²) in [5, 5.41) is 2.60. The van der Waals surface area contributed by atoms with Crippen molar-refractivity contribution in [1.29, 1.82) is 0 Å². The molecule has 32 heavy (non-hydrogen) atoms. The molecule has 1 amide bonds. The maximum Gasteiger partial charge on any atom is 0.255 e. The Morgan fingerprint density at radius 2 is 1.84 bits per heavy atom. The van der Waals surface area contributed by atoms with Gasteiger partial charge in [0.05, 0.1) is 11.5 Å². The largest absolute Gasteiger partial charge is 0.491 e. The van der Waals surface area contributed by atoms with Crippen molar-refractivity contribution < 1.29 is 22.3 Å². The second kappa shape index (κ2) is 9.10. The molecule has 0 spiro atoms. The van der Waals surface area contributed by atoms with Gasteiger partial charge in [-0.05, 0) is 54.8 Å². The maximum atomic E-state index is 14.1. The molecular weight excluding hydrogens is 431 g/mol. The van der Waals surface area contributed by atoms with Crippen molar-refractivity contribution in [3.8, 4) is 5.75 Å². The summed E-state index contributed by atoms with van der Waals surface area (Å²) in [7, 11) is -3.78. The fourth-order valence-corrected chi connectivity index (χ4v) is 5.14. The van der Waals surface area contributed by atoms with Gasteiger partial charge >= 0.3 is 0 Å². The van der Waals surface area contributed by atoms with Gasteiger partial charge in [-0.1, -0.05) is 30.3 Å². The first-order valence-corrected chi connectivity index (χ1v) is 11.7. The quantitative estimate of drug-likeness (QED) is 0.605. The van der Waals surface area contributed by atoms with Crippen LogP contribution in [0.2, 0.25) is 0 Å². The van der Waals surface area contributed by atoms with E-state index < -0.39 is 21.7 Å². The molecule has 1 aliphatic rings. The minimum Gasteiger partial charge on any atom is -0.491 e. The van der Waals surface area contributed by atoms with Crippen LogP contribution in [0.5, 0.6) is 5.75 Å². The first-order chi connectivity index (χ1) is 15.4. The van der Waals surface area contributed by atoms with E-state index in [-0.39, 0.29) is 21.9 Å². The number of nitrogens with one attached hydrogen (secondary N) is 1. The SMILES string of the molecule is CCOc1ccc(NC(=O)c2cccc(S(=O)(=O)N3CCc4ccccc4C3)c2)cc1F. The van der Waals surface area contributed by atoms with Crippen molar-refractivity contribution in [2.24, 2.45) is 0 Å². The van der Waals surface area contributed by atoms with Gasteiger partial charge in [0.25, 0.3) is 5.91 Å². The van der Waals surface area contributed by atoms with Crippen LogP contribution in [0.3, 0.4) is 0 Å². The van der Waals surface area contributed by atoms with Crippen LogP contribution in [0.15, 0.2) is 71.6 Å². The number of anilines is 1. The van der Waals surface area contributed by atoms with Crippen molar-refractivity contribution in [2.75, 3.05) is 18.5 Å². The molecule has 6 nitrogen and oxygen atoms in total. The highest BCUT2D eigenvalue weighted by molar-refractivity contribution is 7.89. The molecule has 0 saturated heterocycles. The Kier molecular flexibility index (Phi) is 6.25. The zero-order valence-electron chi connectivity index (χ0n) is 17.5. The van der Waals surface area contributed by atoms with E-state index in [0.717, 1.165) is 17.2 Å². The highest BCUT2D eigenvalue weighted by Gasteiger charge is 2.28. The number of amides is 1. The summed E-state index contributed by atoms with van der Waals surface area (Å²) in [6, 6.07) is 17.8. The number of carbonyl (C=O) groups is 1. The Morgan fingerprint density at radius 3 is 2.59 bits per heavy atom. The van der Waals surface area contributed by atoms with Gasteiger partial charge in [-0.15, -0.1) is 0 Å². The van der Waals surface area contributed by atoms with E-state index in [2.05, 4.69) is 5.32 Å². The number of ether oxygens (including phenoxy) is 1. The van der Waals surface area contributed by atoms with E-state index in [9.17, 15) is 17.6 Å². The van der Waals surface area contributed by atoms with Crippen molar-refractivity contribution in [3.05, 3.63) is 89.2 Å². The van der Waals surface area contributed by atoms with Gasteiger partial charge in [0.2, 0.25) is 10.0 Å². The molecule has 4 rings (SSSR count). The third-order valence-corrected chi connectivity index (χ3v) is 7.16. The van der Waals surface area contributed by atoms with E-state index >= 15 is 0 Å². The number of nitrogens with zero attached hydrogens (tertiary/aromatic N) is 1. The lowest BCUT2D eigenvalue weighted by atomic mass is 10.0. The van der Waals surface area contributed by atoms with Gasteiger partial charge < -0.3 is 10.1 Å². The highest BCUT2D eigenvalue weighted by Crippen LogP contribution is 2.26. The molecule has 1 N–H and O–H groups in total. The monoisotopic (exact) mass is 454 g/mol. The number of benzene rings is 3. The smallest absolute Gasteiger partial charge is 0.255 e. The Hall–Kier alpha value is -3.23. The van der Waals surface area contributed by atoms with Gasteiger partial charge in [0.1, 0.15) is 0 Å². The summed E-state index contributed by atoms with van der Waals surface area (Å²) in [6.07, 6.45) is 0.638. The van der Waals surface area contributed by atoms with E-state index in [1.807, 2.05) is 24.3 Å². The Morgan fingerprint density at radius 1 is 1.06 bits per heavy atom. The van der Waals surface area contributed by atoms with E-state index in [1.165, 1.54) is 40.7 Å². The third-order valence-electron chi connectivity index (χ3n) is 5.32. The fraction of sp³-hybridized carbons (Fsp3) is 0.208. The van der Waals surface area contributed by atoms with Crippen LogP contribution in [0, 0.1) is 5.82 Å². The molecule has 0 aromatic heterocycles. The number of halogens is 1. The van der Waals surface area contributed by atoms with Crippen molar-refractivity contribution in [3.63, 3.8) is 0 Å². The molecule has 0 saturated carbocycles. The standard InChI is InChI=1S/C24H23FN2O4S/c1-2-31-23-11-10-20(15-22(23)25)26-24(28)18-8-5-9-21(14-18)32(29,30)27-13-12-17-6-3-4-7-19(17)16-27/h3-11,14-15H,2,12-13,16H2,1H3,(H,26,28). The molecule has 1 heterocycles. The number of rotatable bonds is 6. The summed E-state index contributed by atoms with van der Waals surface area (Å²) >= 11 is 0. The zero-order chi connectivity index (χ0) is 22.7. The highest BCUT2D eigenvalue weighted by atomic mass is 32.2. The molecule has 1 aliphatic heterocycles. The van der Waals surface area contributed by atoms with Gasteiger partial charge in [-0.3, -0.25) is 4.79 Å². The summed E-state index contributed by atoms with van der Waals surface area (Å²) in [5.74, 6) is -1.03. The number of carbonyl (C=O) groups excluding carboxylic acids is 1. The van der Waals surface area contributed by atoms with Gasteiger partial charge in [-0.25, -0.2) is 12.8 Å². The lowest BCUT2D eigenvalue weighted by Gasteiger charge is -2.28. The van der Waals surface area contributed by atoms with Crippen LogP contribution < -0.4 is 10.1 Å². The first kappa shape index (κ1) is 22.0. The normalized spacial score (nSPS) is 13.9. The lowest BCUT2D eigenvalue weighted by molar-refractivity contribution is 0.102. The minimum atomic E-state index is -3.78. The molecule has 0 bridgehead atoms. The fourth-order valence-electron chi connectivity index (χ4n) is 3.68. The molecule has 0 radical (unpaired) electrons. The van der Waals surface area contributed by atoms with Crippen molar-refractivity contribution in [2.45, 2.75) is 24.8 Å². The second-order valence-electron chi connectivity index (χ2n) is 7.42. The Balaban J connectivity index is 1.53. The molecule has 0 unspecified atom stereocenters. The Labute approximate surface area is 186 Å². The maximum absolute atomic E-state index is 14.1. The Bertz CT molecular complexity index is 1260. The van der Waals surface area contributed by atoms with Gasteiger partial charge in [-0.2, -0.15) is 4.31 Å². The number of fused-ring (bicyclic) bond motifs is 1. The van der Waals surface area contributed by atoms with Crippen LogP contribution in [0.4, 0.5) is 10.1 Å². The van der Waals surface area contributed by atoms with Crippen molar-refractivity contribution in [1.82, 2.24) is 4.31 Å². The third kappa shape index (κ3) is 4.51. The zero-order valence-corrected chi connectivity index (χ0v) is 18.4. The van der Waals surface area contributed by atoms with Crippen LogP contribution in [-0.2, 0) is 23.0 Å². The van der Waals surface area contributed by atoms with Gasteiger partial charge in [0.15, 0.2) is 11.6 Å². The molecule has 3 aromatic carbocycles. The van der Waals surface area contributed by atoms with Crippen LogP contribution >= 0.6 is 0 Å².